The normalized spacial score (nSPS) is 11.9. The lowest BCUT2D eigenvalue weighted by Crippen LogP contribution is -1.98. The van der Waals surface area contributed by atoms with Gasteiger partial charge in [0.05, 0.1) is 44.5 Å². The first-order valence-corrected chi connectivity index (χ1v) is 19.6. The van der Waals surface area contributed by atoms with Crippen molar-refractivity contribution >= 4 is 65.4 Å². The molecule has 12 rings (SSSR count). The Hall–Kier alpha value is -7.62. The molecule has 0 aliphatic heterocycles. The number of nitrogens with zero attached hydrogens (tertiary/aromatic N) is 3. The van der Waals surface area contributed by atoms with Gasteiger partial charge < -0.3 is 13.7 Å². The Kier molecular flexibility index (Phi) is 6.93. The van der Waals surface area contributed by atoms with E-state index in [0.717, 1.165) is 11.4 Å². The molecule has 0 aliphatic carbocycles. The van der Waals surface area contributed by atoms with Gasteiger partial charge in [-0.3, -0.25) is 0 Å². The van der Waals surface area contributed by atoms with E-state index in [-0.39, 0.29) is 0 Å². The largest absolute Gasteiger partial charge is 0.309 e. The zero-order chi connectivity index (χ0) is 37.5. The van der Waals surface area contributed by atoms with Gasteiger partial charge in [0.1, 0.15) is 0 Å². The fourth-order valence-electron chi connectivity index (χ4n) is 9.43. The quantitative estimate of drug-likeness (QED) is 0.168. The molecule has 3 heterocycles. The van der Waals surface area contributed by atoms with E-state index in [0.29, 0.717) is 0 Å². The summed E-state index contributed by atoms with van der Waals surface area (Å²) in [6.07, 6.45) is 0. The highest BCUT2D eigenvalue weighted by atomic mass is 15.0. The summed E-state index contributed by atoms with van der Waals surface area (Å²) in [5, 5.41) is 7.44. The van der Waals surface area contributed by atoms with Crippen molar-refractivity contribution in [2.24, 2.45) is 0 Å². The Balaban J connectivity index is 1.17. The van der Waals surface area contributed by atoms with E-state index in [2.05, 4.69) is 226 Å². The number of para-hydroxylation sites is 4. The van der Waals surface area contributed by atoms with E-state index in [1.54, 1.807) is 0 Å². The number of fused-ring (bicyclic) bond motifs is 9. The molecule has 57 heavy (non-hydrogen) atoms. The van der Waals surface area contributed by atoms with Gasteiger partial charge in [-0.05, 0) is 89.0 Å². The first-order valence-electron chi connectivity index (χ1n) is 19.6. The number of benzene rings is 9. The molecule has 0 fully saturated rings. The summed E-state index contributed by atoms with van der Waals surface area (Å²) in [7, 11) is 0. The Morgan fingerprint density at radius 3 is 1.07 bits per heavy atom. The minimum Gasteiger partial charge on any atom is -0.309 e. The second-order valence-corrected chi connectivity index (χ2v) is 14.9. The molecule has 0 radical (unpaired) electrons. The van der Waals surface area contributed by atoms with Crippen molar-refractivity contribution in [3.05, 3.63) is 212 Å². The number of rotatable bonds is 5. The molecule has 0 spiro atoms. The summed E-state index contributed by atoms with van der Waals surface area (Å²) in [5.74, 6) is 0. The van der Waals surface area contributed by atoms with Crippen LogP contribution in [-0.2, 0) is 0 Å². The Labute approximate surface area is 329 Å². The SMILES string of the molecule is c1ccc(-c2cc(-c3ccccc3)cc(-n3c4ccccc4c4c(-n5c6ccccc6c6c(-n7c8ccccc8c8ccccc87)cccc65)cccc43)c2)cc1. The number of hydrogen-bond donors (Lipinski definition) is 0. The lowest BCUT2D eigenvalue weighted by atomic mass is 9.98. The lowest BCUT2D eigenvalue weighted by Gasteiger charge is -2.15. The standard InChI is InChI=1S/C54H35N3/c1-3-17-36(18-4-1)38-33-39(37-19-5-2-6-20-37)35-40(34-38)55-47-27-13-9-23-43(47)53-49(55)29-15-31-51(53)57-48-28-14-10-24-44(48)54-50(30-16-32-52(54)57)56-45-25-11-7-21-41(45)42-22-8-12-26-46(42)56/h1-35H. The molecule has 0 saturated carbocycles. The highest BCUT2D eigenvalue weighted by Crippen LogP contribution is 2.43. The molecule has 266 valence electrons. The van der Waals surface area contributed by atoms with Gasteiger partial charge >= 0.3 is 0 Å². The minimum atomic E-state index is 1.13. The second-order valence-electron chi connectivity index (χ2n) is 14.9. The molecule has 3 aromatic heterocycles. The van der Waals surface area contributed by atoms with Gasteiger partial charge in [-0.1, -0.05) is 146 Å². The zero-order valence-corrected chi connectivity index (χ0v) is 31.0. The van der Waals surface area contributed by atoms with Crippen LogP contribution in [-0.4, -0.2) is 13.7 Å². The van der Waals surface area contributed by atoms with Crippen molar-refractivity contribution in [2.75, 3.05) is 0 Å². The van der Waals surface area contributed by atoms with Crippen LogP contribution < -0.4 is 0 Å². The van der Waals surface area contributed by atoms with Crippen LogP contribution in [0.3, 0.4) is 0 Å². The van der Waals surface area contributed by atoms with Gasteiger partial charge in [-0.2, -0.15) is 0 Å². The van der Waals surface area contributed by atoms with E-state index in [1.807, 2.05) is 0 Å². The third-order valence-corrected chi connectivity index (χ3v) is 11.8. The van der Waals surface area contributed by atoms with Gasteiger partial charge in [0, 0.05) is 38.0 Å². The van der Waals surface area contributed by atoms with E-state index in [9.17, 15) is 0 Å². The Morgan fingerprint density at radius 2 is 0.579 bits per heavy atom. The van der Waals surface area contributed by atoms with Crippen molar-refractivity contribution in [1.29, 1.82) is 0 Å². The molecule has 0 N–H and O–H groups in total. The van der Waals surface area contributed by atoms with Gasteiger partial charge in [-0.15, -0.1) is 0 Å². The smallest absolute Gasteiger partial charge is 0.0562 e. The molecule has 0 bridgehead atoms. The highest BCUT2D eigenvalue weighted by Gasteiger charge is 2.23. The fraction of sp³-hybridized carbons (Fsp3) is 0. The van der Waals surface area contributed by atoms with Crippen LogP contribution in [0.5, 0.6) is 0 Å². The van der Waals surface area contributed by atoms with Crippen molar-refractivity contribution in [3.63, 3.8) is 0 Å². The molecular weight excluding hydrogens is 691 g/mol. The maximum Gasteiger partial charge on any atom is 0.0562 e. The minimum absolute atomic E-state index is 1.13. The monoisotopic (exact) mass is 725 g/mol. The first-order chi connectivity index (χ1) is 28.3. The van der Waals surface area contributed by atoms with Crippen molar-refractivity contribution in [2.45, 2.75) is 0 Å². The van der Waals surface area contributed by atoms with Crippen LogP contribution in [0.15, 0.2) is 212 Å². The summed E-state index contributed by atoms with van der Waals surface area (Å²) in [4.78, 5) is 0. The average Bonchev–Trinajstić information content (AvgIpc) is 3.93. The lowest BCUT2D eigenvalue weighted by molar-refractivity contribution is 1.17. The Bertz CT molecular complexity index is 3400. The molecule has 0 unspecified atom stereocenters. The summed E-state index contributed by atoms with van der Waals surface area (Å²) < 4.78 is 7.42. The van der Waals surface area contributed by atoms with Crippen LogP contribution in [0.1, 0.15) is 0 Å². The van der Waals surface area contributed by atoms with Crippen molar-refractivity contribution in [3.8, 4) is 39.3 Å². The van der Waals surface area contributed by atoms with Gasteiger partial charge in [0.25, 0.3) is 0 Å². The summed E-state index contributed by atoms with van der Waals surface area (Å²) in [5.41, 5.74) is 15.4. The average molecular weight is 726 g/mol. The van der Waals surface area contributed by atoms with Crippen molar-refractivity contribution in [1.82, 2.24) is 13.7 Å². The summed E-state index contributed by atoms with van der Waals surface area (Å²) in [6, 6.07) is 77.4. The molecule has 0 atom stereocenters. The van der Waals surface area contributed by atoms with E-state index in [1.165, 1.54) is 93.4 Å². The van der Waals surface area contributed by atoms with E-state index in [4.69, 9.17) is 0 Å². The number of aromatic nitrogens is 3. The van der Waals surface area contributed by atoms with Gasteiger partial charge in [-0.25, -0.2) is 0 Å². The van der Waals surface area contributed by atoms with Gasteiger partial charge in [0.15, 0.2) is 0 Å². The summed E-state index contributed by atoms with van der Waals surface area (Å²) in [6.45, 7) is 0. The van der Waals surface area contributed by atoms with E-state index >= 15 is 0 Å². The fourth-order valence-corrected chi connectivity index (χ4v) is 9.43. The molecule has 0 saturated heterocycles. The maximum absolute atomic E-state index is 2.50. The summed E-state index contributed by atoms with van der Waals surface area (Å²) >= 11 is 0. The van der Waals surface area contributed by atoms with Crippen molar-refractivity contribution < 1.29 is 0 Å². The van der Waals surface area contributed by atoms with Gasteiger partial charge in [0.2, 0.25) is 0 Å². The van der Waals surface area contributed by atoms with Crippen LogP contribution in [0.4, 0.5) is 0 Å². The number of hydrogen-bond acceptors (Lipinski definition) is 0. The molecular formula is C54H35N3. The molecule has 9 aromatic carbocycles. The highest BCUT2D eigenvalue weighted by molar-refractivity contribution is 6.19. The first kappa shape index (κ1) is 31.7. The Morgan fingerprint density at radius 1 is 0.228 bits per heavy atom. The molecule has 0 amide bonds. The topological polar surface area (TPSA) is 14.8 Å². The molecule has 0 aliphatic rings. The molecule has 12 aromatic rings. The molecule has 3 nitrogen and oxygen atoms in total. The second kappa shape index (κ2) is 12.5. The van der Waals surface area contributed by atoms with Crippen LogP contribution >= 0.6 is 0 Å². The molecule has 3 heteroatoms. The van der Waals surface area contributed by atoms with Crippen LogP contribution in [0.2, 0.25) is 0 Å². The zero-order valence-electron chi connectivity index (χ0n) is 31.0. The predicted octanol–water partition coefficient (Wildman–Crippen LogP) is 14.3. The van der Waals surface area contributed by atoms with Crippen LogP contribution in [0.25, 0.3) is 105 Å². The van der Waals surface area contributed by atoms with Crippen LogP contribution in [0, 0.1) is 0 Å². The van der Waals surface area contributed by atoms with E-state index < -0.39 is 0 Å². The maximum atomic E-state index is 2.50. The predicted molar refractivity (Wildman–Crippen MR) is 240 cm³/mol. The third-order valence-electron chi connectivity index (χ3n) is 11.8. The third kappa shape index (κ3) is 4.73.